The van der Waals surface area contributed by atoms with Crippen LogP contribution in [-0.4, -0.2) is 0 Å². The van der Waals surface area contributed by atoms with Gasteiger partial charge < -0.3 is 5.73 Å². The highest BCUT2D eigenvalue weighted by Gasteiger charge is 2.12. The van der Waals surface area contributed by atoms with Crippen LogP contribution in [0.3, 0.4) is 0 Å². The van der Waals surface area contributed by atoms with Crippen LogP contribution in [0.5, 0.6) is 0 Å². The molecule has 0 amide bonds. The second-order valence-electron chi connectivity index (χ2n) is 4.22. The third kappa shape index (κ3) is 3.99. The van der Waals surface area contributed by atoms with Gasteiger partial charge in [-0.2, -0.15) is 0 Å². The Labute approximate surface area is 141 Å². The summed E-state index contributed by atoms with van der Waals surface area (Å²) in [4.78, 5) is 0. The lowest BCUT2D eigenvalue weighted by Gasteiger charge is -2.15. The molecule has 0 bridgehead atoms. The number of rotatable bonds is 3. The van der Waals surface area contributed by atoms with Gasteiger partial charge in [0.2, 0.25) is 0 Å². The summed E-state index contributed by atoms with van der Waals surface area (Å²) in [6.07, 6.45) is 0.688. The van der Waals surface area contributed by atoms with E-state index in [-0.39, 0.29) is 6.04 Å². The van der Waals surface area contributed by atoms with Crippen LogP contribution < -0.4 is 5.73 Å². The second kappa shape index (κ2) is 6.64. The average molecular weight is 427 g/mol. The zero-order valence-electron chi connectivity index (χ0n) is 9.84. The molecule has 2 aromatic carbocycles. The zero-order chi connectivity index (χ0) is 14.0. The molecule has 0 saturated heterocycles. The Hall–Kier alpha value is -0.000000000000000111. The molecule has 2 rings (SSSR count). The van der Waals surface area contributed by atoms with Gasteiger partial charge in [0.05, 0.1) is 10.0 Å². The van der Waals surface area contributed by atoms with Crippen LogP contribution in [0.15, 0.2) is 36.4 Å². The van der Waals surface area contributed by atoms with Gasteiger partial charge in [-0.1, -0.05) is 40.9 Å². The Morgan fingerprint density at radius 2 is 1.74 bits per heavy atom. The van der Waals surface area contributed by atoms with Crippen LogP contribution in [-0.2, 0) is 6.42 Å². The highest BCUT2D eigenvalue weighted by molar-refractivity contribution is 14.1. The molecule has 0 fully saturated rings. The maximum absolute atomic E-state index is 6.25. The summed E-state index contributed by atoms with van der Waals surface area (Å²) in [5.74, 6) is 0. The molecule has 1 unspecified atom stereocenters. The lowest BCUT2D eigenvalue weighted by atomic mass is 10.00. The maximum atomic E-state index is 6.25. The molecule has 0 aliphatic rings. The minimum absolute atomic E-state index is 0.122. The van der Waals surface area contributed by atoms with Crippen LogP contribution in [0, 0.1) is 3.57 Å². The van der Waals surface area contributed by atoms with Crippen molar-refractivity contribution in [2.24, 2.45) is 5.73 Å². The molecule has 1 atom stereocenters. The zero-order valence-corrected chi connectivity index (χ0v) is 14.3. The fraction of sp³-hybridized carbons (Fsp3) is 0.143. The standard InChI is InChI=1S/C14H11Cl3IN/c15-9-2-4-13(18)10(7-9)14(19)6-8-1-3-11(16)12(17)5-8/h1-5,7,14H,6,19H2. The lowest BCUT2D eigenvalue weighted by molar-refractivity contribution is 0.718. The summed E-state index contributed by atoms with van der Waals surface area (Å²) < 4.78 is 1.11. The number of hydrogen-bond acceptors (Lipinski definition) is 1. The molecule has 19 heavy (non-hydrogen) atoms. The summed E-state index contributed by atoms with van der Waals surface area (Å²) in [7, 11) is 0. The Morgan fingerprint density at radius 3 is 2.42 bits per heavy atom. The minimum Gasteiger partial charge on any atom is -0.324 e. The van der Waals surface area contributed by atoms with E-state index in [0.717, 1.165) is 14.7 Å². The molecule has 1 nitrogen and oxygen atoms in total. The predicted octanol–water partition coefficient (Wildman–Crippen LogP) is 5.49. The lowest BCUT2D eigenvalue weighted by Crippen LogP contribution is -2.14. The van der Waals surface area contributed by atoms with E-state index >= 15 is 0 Å². The van der Waals surface area contributed by atoms with Crippen molar-refractivity contribution in [1.82, 2.24) is 0 Å². The molecule has 100 valence electrons. The average Bonchev–Trinajstić information content (AvgIpc) is 2.36. The third-order valence-corrected chi connectivity index (χ3v) is 4.75. The maximum Gasteiger partial charge on any atom is 0.0595 e. The fourth-order valence-corrected chi connectivity index (χ4v) is 3.07. The van der Waals surface area contributed by atoms with Gasteiger partial charge in [0, 0.05) is 14.6 Å². The molecule has 0 saturated carbocycles. The predicted molar refractivity (Wildman–Crippen MR) is 91.3 cm³/mol. The van der Waals surface area contributed by atoms with E-state index in [2.05, 4.69) is 22.6 Å². The van der Waals surface area contributed by atoms with Crippen LogP contribution >= 0.6 is 57.4 Å². The largest absolute Gasteiger partial charge is 0.324 e. The Bertz CT molecular complexity index is 601. The van der Waals surface area contributed by atoms with E-state index in [1.807, 2.05) is 30.3 Å². The number of halogens is 4. The first-order valence-electron chi connectivity index (χ1n) is 5.62. The first-order valence-corrected chi connectivity index (χ1v) is 7.83. The molecule has 0 heterocycles. The van der Waals surface area contributed by atoms with Crippen molar-refractivity contribution in [2.45, 2.75) is 12.5 Å². The van der Waals surface area contributed by atoms with Crippen molar-refractivity contribution in [2.75, 3.05) is 0 Å². The van der Waals surface area contributed by atoms with Gasteiger partial charge in [0.25, 0.3) is 0 Å². The second-order valence-corrected chi connectivity index (χ2v) is 6.64. The summed E-state index contributed by atoms with van der Waals surface area (Å²) in [5.41, 5.74) is 8.34. The van der Waals surface area contributed by atoms with Crippen LogP contribution in [0.4, 0.5) is 0 Å². The van der Waals surface area contributed by atoms with Crippen LogP contribution in [0.2, 0.25) is 15.1 Å². The quantitative estimate of drug-likeness (QED) is 0.645. The Morgan fingerprint density at radius 1 is 1.00 bits per heavy atom. The van der Waals surface area contributed by atoms with E-state index in [9.17, 15) is 0 Å². The first kappa shape index (κ1) is 15.4. The van der Waals surface area contributed by atoms with Gasteiger partial charge in [-0.25, -0.2) is 0 Å². The van der Waals surface area contributed by atoms with Crippen molar-refractivity contribution < 1.29 is 0 Å². The molecule has 0 aliphatic carbocycles. The summed E-state index contributed by atoms with van der Waals surface area (Å²) in [6, 6.07) is 11.2. The molecule has 0 aromatic heterocycles. The smallest absolute Gasteiger partial charge is 0.0595 e. The summed E-state index contributed by atoms with van der Waals surface area (Å²) in [6.45, 7) is 0. The minimum atomic E-state index is -0.122. The number of hydrogen-bond donors (Lipinski definition) is 1. The van der Waals surface area contributed by atoms with Gasteiger partial charge in [0.1, 0.15) is 0 Å². The fourth-order valence-electron chi connectivity index (χ4n) is 1.83. The van der Waals surface area contributed by atoms with E-state index in [4.69, 9.17) is 40.5 Å². The third-order valence-electron chi connectivity index (χ3n) is 2.80. The van der Waals surface area contributed by atoms with Crippen molar-refractivity contribution in [3.05, 3.63) is 66.2 Å². The van der Waals surface area contributed by atoms with Crippen molar-refractivity contribution in [3.63, 3.8) is 0 Å². The van der Waals surface area contributed by atoms with Gasteiger partial charge in [-0.05, 0) is 70.5 Å². The molecular formula is C14H11Cl3IN. The van der Waals surface area contributed by atoms with Crippen molar-refractivity contribution in [3.8, 4) is 0 Å². The summed E-state index contributed by atoms with van der Waals surface area (Å²) >= 11 is 20.2. The molecule has 2 N–H and O–H groups in total. The molecular weight excluding hydrogens is 415 g/mol. The molecule has 0 aliphatic heterocycles. The van der Waals surface area contributed by atoms with Gasteiger partial charge in [0.15, 0.2) is 0 Å². The number of nitrogens with two attached hydrogens (primary N) is 1. The molecule has 2 aromatic rings. The topological polar surface area (TPSA) is 26.0 Å². The molecule has 0 spiro atoms. The SMILES string of the molecule is NC(Cc1ccc(Cl)c(Cl)c1)c1cc(Cl)ccc1I. The normalized spacial score (nSPS) is 12.5. The Balaban J connectivity index is 2.22. The van der Waals surface area contributed by atoms with Gasteiger partial charge >= 0.3 is 0 Å². The van der Waals surface area contributed by atoms with Gasteiger partial charge in [-0.3, -0.25) is 0 Å². The summed E-state index contributed by atoms with van der Waals surface area (Å²) in [5, 5.41) is 1.79. The van der Waals surface area contributed by atoms with E-state index in [1.165, 1.54) is 0 Å². The molecule has 5 heteroatoms. The van der Waals surface area contributed by atoms with Crippen LogP contribution in [0.1, 0.15) is 17.2 Å². The van der Waals surface area contributed by atoms with E-state index in [0.29, 0.717) is 21.5 Å². The number of benzene rings is 2. The monoisotopic (exact) mass is 425 g/mol. The van der Waals surface area contributed by atoms with Crippen molar-refractivity contribution >= 4 is 57.4 Å². The molecule has 0 radical (unpaired) electrons. The first-order chi connectivity index (χ1) is 8.97. The van der Waals surface area contributed by atoms with E-state index < -0.39 is 0 Å². The Kier molecular flexibility index (Phi) is 5.37. The van der Waals surface area contributed by atoms with Gasteiger partial charge in [-0.15, -0.1) is 0 Å². The van der Waals surface area contributed by atoms with Crippen LogP contribution in [0.25, 0.3) is 0 Å². The van der Waals surface area contributed by atoms with E-state index in [1.54, 1.807) is 6.07 Å². The highest BCUT2D eigenvalue weighted by Crippen LogP contribution is 2.27. The van der Waals surface area contributed by atoms with Crippen molar-refractivity contribution in [1.29, 1.82) is 0 Å². The highest BCUT2D eigenvalue weighted by atomic mass is 127.